The molecule has 2 N–H and O–H groups in total. The molecule has 0 aliphatic heterocycles. The highest BCUT2D eigenvalue weighted by Gasteiger charge is 2.12. The Labute approximate surface area is 92.1 Å². The van der Waals surface area contributed by atoms with Crippen LogP contribution in [0.3, 0.4) is 0 Å². The summed E-state index contributed by atoms with van der Waals surface area (Å²) in [6, 6.07) is 1.93. The normalized spacial score (nSPS) is 12.9. The Kier molecular flexibility index (Phi) is 3.13. The largest absolute Gasteiger partial charge is 0.339 e. The molecule has 0 radical (unpaired) electrons. The zero-order valence-corrected chi connectivity index (χ0v) is 9.33. The molecule has 15 heavy (non-hydrogen) atoms. The van der Waals surface area contributed by atoms with E-state index < -0.39 is 0 Å². The molecule has 1 unspecified atom stereocenters. The number of hydrogen-bond donors (Lipinski definition) is 1. The summed E-state index contributed by atoms with van der Waals surface area (Å²) in [7, 11) is 0. The predicted octanol–water partition coefficient (Wildman–Crippen LogP) is 2.13. The first-order chi connectivity index (χ1) is 7.29. The molecule has 0 saturated carbocycles. The average molecular weight is 223 g/mol. The van der Waals surface area contributed by atoms with Gasteiger partial charge in [-0.15, -0.1) is 0 Å². The van der Waals surface area contributed by atoms with E-state index in [1.165, 1.54) is 5.56 Å². The Hall–Kier alpha value is -1.20. The quantitative estimate of drug-likeness (QED) is 0.862. The molecule has 0 saturated heterocycles. The van der Waals surface area contributed by atoms with Crippen molar-refractivity contribution in [3.63, 3.8) is 0 Å². The Morgan fingerprint density at radius 2 is 2.47 bits per heavy atom. The minimum absolute atomic E-state index is 0.120. The van der Waals surface area contributed by atoms with Gasteiger partial charge in [0.25, 0.3) is 0 Å². The molecule has 2 rings (SSSR count). The van der Waals surface area contributed by atoms with E-state index in [2.05, 4.69) is 15.5 Å². The van der Waals surface area contributed by atoms with Gasteiger partial charge in [-0.3, -0.25) is 0 Å². The van der Waals surface area contributed by atoms with Crippen LogP contribution in [-0.4, -0.2) is 10.1 Å². The fourth-order valence-electron chi connectivity index (χ4n) is 1.24. The van der Waals surface area contributed by atoms with Gasteiger partial charge in [-0.2, -0.15) is 16.3 Å². The second kappa shape index (κ2) is 4.55. The van der Waals surface area contributed by atoms with Crippen molar-refractivity contribution < 1.29 is 4.52 Å². The van der Waals surface area contributed by atoms with E-state index >= 15 is 0 Å². The van der Waals surface area contributed by atoms with Crippen LogP contribution in [0.25, 0.3) is 0 Å². The monoisotopic (exact) mass is 223 g/mol. The van der Waals surface area contributed by atoms with Crippen molar-refractivity contribution in [2.75, 3.05) is 0 Å². The number of rotatable bonds is 4. The van der Waals surface area contributed by atoms with Gasteiger partial charge in [-0.25, -0.2) is 0 Å². The van der Waals surface area contributed by atoms with Crippen molar-refractivity contribution in [3.05, 3.63) is 34.1 Å². The molecular formula is C10H13N3OS. The zero-order chi connectivity index (χ0) is 10.7. The van der Waals surface area contributed by atoms with Crippen LogP contribution in [0.4, 0.5) is 0 Å². The van der Waals surface area contributed by atoms with Crippen LogP contribution in [0, 0.1) is 0 Å². The highest BCUT2D eigenvalue weighted by atomic mass is 32.1. The second-order valence-electron chi connectivity index (χ2n) is 3.37. The van der Waals surface area contributed by atoms with Crippen LogP contribution in [0.1, 0.15) is 36.7 Å². The van der Waals surface area contributed by atoms with Gasteiger partial charge in [0.1, 0.15) is 0 Å². The maximum absolute atomic E-state index is 5.80. The van der Waals surface area contributed by atoms with Gasteiger partial charge in [0.05, 0.1) is 12.5 Å². The van der Waals surface area contributed by atoms with Crippen molar-refractivity contribution in [2.45, 2.75) is 25.8 Å². The molecule has 4 nitrogen and oxygen atoms in total. The van der Waals surface area contributed by atoms with E-state index in [9.17, 15) is 0 Å². The van der Waals surface area contributed by atoms with Gasteiger partial charge in [-0.1, -0.05) is 12.1 Å². The van der Waals surface area contributed by atoms with Gasteiger partial charge in [0.15, 0.2) is 5.82 Å². The Morgan fingerprint density at radius 3 is 3.13 bits per heavy atom. The minimum atomic E-state index is -0.120. The SMILES string of the molecule is CCC(N)c1noc(Cc2ccsc2)n1. The molecule has 2 heterocycles. The molecule has 2 aromatic heterocycles. The lowest BCUT2D eigenvalue weighted by molar-refractivity contribution is 0.375. The third-order valence-electron chi connectivity index (χ3n) is 2.19. The Morgan fingerprint density at radius 1 is 1.60 bits per heavy atom. The first-order valence-corrected chi connectivity index (χ1v) is 5.83. The number of hydrogen-bond acceptors (Lipinski definition) is 5. The Bertz CT molecular complexity index is 410. The molecule has 0 fully saturated rings. The molecule has 80 valence electrons. The third-order valence-corrected chi connectivity index (χ3v) is 2.92. The molecule has 1 atom stereocenters. The smallest absolute Gasteiger partial charge is 0.231 e. The van der Waals surface area contributed by atoms with E-state index in [-0.39, 0.29) is 6.04 Å². The Balaban J connectivity index is 2.07. The maximum atomic E-state index is 5.80. The first kappa shape index (κ1) is 10.3. The maximum Gasteiger partial charge on any atom is 0.231 e. The molecule has 0 aromatic carbocycles. The van der Waals surface area contributed by atoms with Crippen molar-refractivity contribution >= 4 is 11.3 Å². The number of thiophene rings is 1. The van der Waals surface area contributed by atoms with Gasteiger partial charge < -0.3 is 10.3 Å². The standard InChI is InChI=1S/C10H13N3OS/c1-2-8(11)10-12-9(14-13-10)5-7-3-4-15-6-7/h3-4,6,8H,2,5,11H2,1H3. The number of nitrogens with zero attached hydrogens (tertiary/aromatic N) is 2. The van der Waals surface area contributed by atoms with E-state index in [0.717, 1.165) is 6.42 Å². The molecule has 0 aliphatic rings. The van der Waals surface area contributed by atoms with Crippen LogP contribution in [0.2, 0.25) is 0 Å². The van der Waals surface area contributed by atoms with Crippen LogP contribution in [0.5, 0.6) is 0 Å². The van der Waals surface area contributed by atoms with Crippen LogP contribution >= 0.6 is 11.3 Å². The zero-order valence-electron chi connectivity index (χ0n) is 8.51. The summed E-state index contributed by atoms with van der Waals surface area (Å²) in [6.07, 6.45) is 1.50. The van der Waals surface area contributed by atoms with Crippen molar-refractivity contribution in [1.29, 1.82) is 0 Å². The van der Waals surface area contributed by atoms with Crippen LogP contribution < -0.4 is 5.73 Å². The van der Waals surface area contributed by atoms with Gasteiger partial charge in [-0.05, 0) is 28.8 Å². The second-order valence-corrected chi connectivity index (χ2v) is 4.15. The minimum Gasteiger partial charge on any atom is -0.339 e. The van der Waals surface area contributed by atoms with E-state index in [1.807, 2.05) is 18.4 Å². The number of aromatic nitrogens is 2. The summed E-state index contributed by atoms with van der Waals surface area (Å²) < 4.78 is 5.12. The average Bonchev–Trinajstić information content (AvgIpc) is 2.88. The van der Waals surface area contributed by atoms with Crippen LogP contribution in [-0.2, 0) is 6.42 Å². The van der Waals surface area contributed by atoms with Crippen molar-refractivity contribution in [2.24, 2.45) is 5.73 Å². The van der Waals surface area contributed by atoms with Gasteiger partial charge in [0, 0.05) is 0 Å². The molecule has 0 bridgehead atoms. The summed E-state index contributed by atoms with van der Waals surface area (Å²) in [6.45, 7) is 2.00. The summed E-state index contributed by atoms with van der Waals surface area (Å²) in [5.74, 6) is 1.23. The third kappa shape index (κ3) is 2.43. The van der Waals surface area contributed by atoms with Gasteiger partial charge >= 0.3 is 0 Å². The molecule has 5 heteroatoms. The van der Waals surface area contributed by atoms with E-state index in [0.29, 0.717) is 18.1 Å². The molecule has 0 spiro atoms. The lowest BCUT2D eigenvalue weighted by atomic mass is 10.2. The molecule has 0 aliphatic carbocycles. The van der Waals surface area contributed by atoms with Crippen molar-refractivity contribution in [3.8, 4) is 0 Å². The van der Waals surface area contributed by atoms with Crippen LogP contribution in [0.15, 0.2) is 21.3 Å². The summed E-state index contributed by atoms with van der Waals surface area (Å²) >= 11 is 1.66. The van der Waals surface area contributed by atoms with Crippen molar-refractivity contribution in [1.82, 2.24) is 10.1 Å². The topological polar surface area (TPSA) is 64.9 Å². The van der Waals surface area contributed by atoms with E-state index in [4.69, 9.17) is 10.3 Å². The molecule has 2 aromatic rings. The fraction of sp³-hybridized carbons (Fsp3) is 0.400. The highest BCUT2D eigenvalue weighted by Crippen LogP contribution is 2.14. The molecular weight excluding hydrogens is 210 g/mol. The highest BCUT2D eigenvalue weighted by molar-refractivity contribution is 7.07. The predicted molar refractivity (Wildman–Crippen MR) is 58.6 cm³/mol. The molecule has 0 amide bonds. The van der Waals surface area contributed by atoms with E-state index in [1.54, 1.807) is 11.3 Å². The first-order valence-electron chi connectivity index (χ1n) is 4.88. The lowest BCUT2D eigenvalue weighted by Gasteiger charge is -1.99. The lowest BCUT2D eigenvalue weighted by Crippen LogP contribution is -2.10. The number of nitrogens with two attached hydrogens (primary N) is 1. The summed E-state index contributed by atoms with van der Waals surface area (Å²) in [5, 5.41) is 7.96. The summed E-state index contributed by atoms with van der Waals surface area (Å²) in [4.78, 5) is 4.26. The fourth-order valence-corrected chi connectivity index (χ4v) is 1.91. The van der Waals surface area contributed by atoms with Gasteiger partial charge in [0.2, 0.25) is 5.89 Å². The summed E-state index contributed by atoms with van der Waals surface area (Å²) in [5.41, 5.74) is 6.99.